The average Bonchev–Trinajstić information content (AvgIpc) is 2.72. The maximum atomic E-state index is 12.2. The lowest BCUT2D eigenvalue weighted by molar-refractivity contribution is 0.102. The highest BCUT2D eigenvalue weighted by Gasteiger charge is 2.14. The maximum absolute atomic E-state index is 12.2. The quantitative estimate of drug-likeness (QED) is 0.854. The summed E-state index contributed by atoms with van der Waals surface area (Å²) in [7, 11) is 1.82. The number of nitrogens with zero attached hydrogens (tertiary/aromatic N) is 2. The van der Waals surface area contributed by atoms with Crippen LogP contribution in [-0.4, -0.2) is 15.7 Å². The zero-order chi connectivity index (χ0) is 14.0. The Balaban J connectivity index is 2.27. The molecule has 1 aromatic carbocycles. The number of hydrogen-bond acceptors (Lipinski definition) is 3. The number of aryl methyl sites for hydroxylation is 2. The van der Waals surface area contributed by atoms with Crippen LogP contribution in [0.1, 0.15) is 23.0 Å². The molecule has 1 N–H and O–H groups in total. The smallest absolute Gasteiger partial charge is 0.257 e. The molecule has 0 saturated heterocycles. The van der Waals surface area contributed by atoms with Crippen LogP contribution in [0.25, 0.3) is 0 Å². The molecule has 0 radical (unpaired) electrons. The molecule has 2 aromatic rings. The van der Waals surface area contributed by atoms with E-state index in [9.17, 15) is 4.79 Å². The second-order valence-corrected chi connectivity index (χ2v) is 5.06. The second kappa shape index (κ2) is 5.67. The standard InChI is InChI=1S/C13H14ClN3OS/c1-3-11-12(7-17(2)16-11)15-13(18)9-6-8(19)4-5-10(9)14/h4-7,19H,3H2,1-2H3,(H,15,18). The van der Waals surface area contributed by atoms with Crippen LogP contribution in [-0.2, 0) is 13.5 Å². The summed E-state index contributed by atoms with van der Waals surface area (Å²) in [6.07, 6.45) is 2.52. The third-order valence-electron chi connectivity index (χ3n) is 2.68. The first kappa shape index (κ1) is 14.0. The lowest BCUT2D eigenvalue weighted by atomic mass is 10.2. The molecule has 2 rings (SSSR count). The third kappa shape index (κ3) is 3.11. The van der Waals surface area contributed by atoms with E-state index in [1.807, 2.05) is 14.0 Å². The van der Waals surface area contributed by atoms with Crippen molar-refractivity contribution in [1.29, 1.82) is 0 Å². The molecule has 0 atom stereocenters. The van der Waals surface area contributed by atoms with Crippen LogP contribution in [0.4, 0.5) is 5.69 Å². The molecular weight excluding hydrogens is 282 g/mol. The van der Waals surface area contributed by atoms with E-state index in [4.69, 9.17) is 11.6 Å². The number of carbonyl (C=O) groups is 1. The SMILES string of the molecule is CCc1nn(C)cc1NC(=O)c1cc(S)ccc1Cl. The summed E-state index contributed by atoms with van der Waals surface area (Å²) in [5.41, 5.74) is 1.95. The largest absolute Gasteiger partial charge is 0.319 e. The molecule has 0 aliphatic carbocycles. The average molecular weight is 296 g/mol. The zero-order valence-corrected chi connectivity index (χ0v) is 12.3. The normalized spacial score (nSPS) is 10.5. The van der Waals surface area contributed by atoms with Crippen molar-refractivity contribution in [3.63, 3.8) is 0 Å². The first-order chi connectivity index (χ1) is 9.01. The summed E-state index contributed by atoms with van der Waals surface area (Å²) < 4.78 is 1.67. The van der Waals surface area contributed by atoms with Crippen LogP contribution in [0.15, 0.2) is 29.3 Å². The highest BCUT2D eigenvalue weighted by atomic mass is 35.5. The number of aromatic nitrogens is 2. The van der Waals surface area contributed by atoms with Gasteiger partial charge in [0.05, 0.1) is 22.0 Å². The predicted molar refractivity (Wildman–Crippen MR) is 79.2 cm³/mol. The topological polar surface area (TPSA) is 46.9 Å². The Bertz CT molecular complexity index is 624. The minimum Gasteiger partial charge on any atom is -0.319 e. The van der Waals surface area contributed by atoms with E-state index in [0.717, 1.165) is 12.1 Å². The van der Waals surface area contributed by atoms with Gasteiger partial charge in [0, 0.05) is 18.1 Å². The number of benzene rings is 1. The molecule has 100 valence electrons. The number of halogens is 1. The van der Waals surface area contributed by atoms with E-state index < -0.39 is 0 Å². The summed E-state index contributed by atoms with van der Waals surface area (Å²) in [5.74, 6) is -0.261. The highest BCUT2D eigenvalue weighted by molar-refractivity contribution is 7.80. The van der Waals surface area contributed by atoms with Gasteiger partial charge in [0.2, 0.25) is 0 Å². The van der Waals surface area contributed by atoms with Crippen LogP contribution >= 0.6 is 24.2 Å². The molecular formula is C13H14ClN3OS. The lowest BCUT2D eigenvalue weighted by Crippen LogP contribution is -2.13. The molecule has 19 heavy (non-hydrogen) atoms. The number of rotatable bonds is 3. The van der Waals surface area contributed by atoms with Gasteiger partial charge in [-0.1, -0.05) is 18.5 Å². The van der Waals surface area contributed by atoms with Crippen LogP contribution in [0, 0.1) is 0 Å². The van der Waals surface area contributed by atoms with Crippen LogP contribution in [0.5, 0.6) is 0 Å². The van der Waals surface area contributed by atoms with E-state index in [-0.39, 0.29) is 5.91 Å². The molecule has 0 fully saturated rings. The van der Waals surface area contributed by atoms with E-state index in [2.05, 4.69) is 23.0 Å². The van der Waals surface area contributed by atoms with Gasteiger partial charge in [0.15, 0.2) is 0 Å². The fourth-order valence-electron chi connectivity index (χ4n) is 1.78. The summed E-state index contributed by atoms with van der Waals surface area (Å²) in [5, 5.41) is 7.50. The molecule has 0 aliphatic rings. The molecule has 1 aromatic heterocycles. The van der Waals surface area contributed by atoms with Crippen LogP contribution < -0.4 is 5.32 Å². The van der Waals surface area contributed by atoms with Gasteiger partial charge >= 0.3 is 0 Å². The first-order valence-corrected chi connectivity index (χ1v) is 6.66. The number of thiol groups is 1. The summed E-state index contributed by atoms with van der Waals surface area (Å²) in [6.45, 7) is 1.99. The predicted octanol–water partition coefficient (Wildman–Crippen LogP) is 3.18. The van der Waals surface area contributed by atoms with Crippen molar-refractivity contribution >= 4 is 35.8 Å². The van der Waals surface area contributed by atoms with Crippen molar-refractivity contribution in [3.8, 4) is 0 Å². The fraction of sp³-hybridized carbons (Fsp3) is 0.231. The number of anilines is 1. The summed E-state index contributed by atoms with van der Waals surface area (Å²) in [6, 6.07) is 5.04. The Morgan fingerprint density at radius 3 is 2.95 bits per heavy atom. The van der Waals surface area contributed by atoms with Gasteiger partial charge in [-0.15, -0.1) is 12.6 Å². The van der Waals surface area contributed by atoms with E-state index in [1.165, 1.54) is 0 Å². The Labute approximate surface area is 122 Å². The Morgan fingerprint density at radius 1 is 1.53 bits per heavy atom. The molecule has 4 nitrogen and oxygen atoms in total. The van der Waals surface area contributed by atoms with Gasteiger partial charge < -0.3 is 5.32 Å². The molecule has 6 heteroatoms. The molecule has 1 heterocycles. The van der Waals surface area contributed by atoms with Crippen molar-refractivity contribution in [2.75, 3.05) is 5.32 Å². The maximum Gasteiger partial charge on any atom is 0.257 e. The Morgan fingerprint density at radius 2 is 2.26 bits per heavy atom. The zero-order valence-electron chi connectivity index (χ0n) is 10.6. The number of amides is 1. The molecule has 0 unspecified atom stereocenters. The molecule has 0 saturated carbocycles. The molecule has 0 spiro atoms. The monoisotopic (exact) mass is 295 g/mol. The lowest BCUT2D eigenvalue weighted by Gasteiger charge is -2.06. The van der Waals surface area contributed by atoms with Crippen molar-refractivity contribution in [3.05, 3.63) is 40.7 Å². The summed E-state index contributed by atoms with van der Waals surface area (Å²) in [4.78, 5) is 12.9. The van der Waals surface area contributed by atoms with Crippen molar-refractivity contribution in [2.24, 2.45) is 7.05 Å². The second-order valence-electron chi connectivity index (χ2n) is 4.13. The van der Waals surface area contributed by atoms with E-state index in [1.54, 1.807) is 29.1 Å². The van der Waals surface area contributed by atoms with Crippen molar-refractivity contribution < 1.29 is 4.79 Å². The van der Waals surface area contributed by atoms with E-state index in [0.29, 0.717) is 21.2 Å². The van der Waals surface area contributed by atoms with Gasteiger partial charge in [-0.3, -0.25) is 9.48 Å². The van der Waals surface area contributed by atoms with Gasteiger partial charge in [0.1, 0.15) is 0 Å². The van der Waals surface area contributed by atoms with Crippen LogP contribution in [0.3, 0.4) is 0 Å². The molecule has 0 bridgehead atoms. The van der Waals surface area contributed by atoms with Crippen LogP contribution in [0.2, 0.25) is 5.02 Å². The summed E-state index contributed by atoms with van der Waals surface area (Å²) >= 11 is 10.2. The minimum atomic E-state index is -0.261. The first-order valence-electron chi connectivity index (χ1n) is 5.83. The van der Waals surface area contributed by atoms with Gasteiger partial charge in [-0.05, 0) is 24.6 Å². The molecule has 0 aliphatic heterocycles. The van der Waals surface area contributed by atoms with Gasteiger partial charge in [-0.2, -0.15) is 5.10 Å². The third-order valence-corrected chi connectivity index (χ3v) is 3.29. The van der Waals surface area contributed by atoms with Gasteiger partial charge in [0.25, 0.3) is 5.91 Å². The van der Waals surface area contributed by atoms with Crippen molar-refractivity contribution in [2.45, 2.75) is 18.2 Å². The Kier molecular flexibility index (Phi) is 4.17. The Hall–Kier alpha value is -1.46. The van der Waals surface area contributed by atoms with Gasteiger partial charge in [-0.25, -0.2) is 0 Å². The number of nitrogens with one attached hydrogen (secondary N) is 1. The van der Waals surface area contributed by atoms with Crippen molar-refractivity contribution in [1.82, 2.24) is 9.78 Å². The number of hydrogen-bond donors (Lipinski definition) is 2. The molecule has 1 amide bonds. The fourth-order valence-corrected chi connectivity index (χ4v) is 2.18. The highest BCUT2D eigenvalue weighted by Crippen LogP contribution is 2.22. The number of carbonyl (C=O) groups excluding carboxylic acids is 1. The van der Waals surface area contributed by atoms with E-state index >= 15 is 0 Å². The minimum absolute atomic E-state index is 0.261.